The topological polar surface area (TPSA) is 69.4 Å². The summed E-state index contributed by atoms with van der Waals surface area (Å²) in [6.07, 6.45) is 4.19. The van der Waals surface area contributed by atoms with Crippen LogP contribution in [0.2, 0.25) is 0 Å². The average molecular weight is 289 g/mol. The summed E-state index contributed by atoms with van der Waals surface area (Å²) in [5.74, 6) is -0.430. The van der Waals surface area contributed by atoms with Crippen LogP contribution in [0, 0.1) is 5.21 Å². The van der Waals surface area contributed by atoms with Gasteiger partial charge in [0.1, 0.15) is 0 Å². The highest BCUT2D eigenvalue weighted by Crippen LogP contribution is 2.27. The molecule has 5 nitrogen and oxygen atoms in total. The molecule has 1 atom stereocenters. The second-order valence-corrected chi connectivity index (χ2v) is 5.47. The molecule has 1 aliphatic rings. The minimum Gasteiger partial charge on any atom is -0.623 e. The molecule has 1 aromatic carbocycles. The van der Waals surface area contributed by atoms with E-state index in [1.165, 1.54) is 13.3 Å². The van der Waals surface area contributed by atoms with Crippen molar-refractivity contribution in [2.24, 2.45) is 0 Å². The van der Waals surface area contributed by atoms with Crippen LogP contribution in [0.5, 0.6) is 0 Å². The maximum atomic E-state index is 12.3. The van der Waals surface area contributed by atoms with Crippen LogP contribution in [-0.4, -0.2) is 35.4 Å². The molecule has 0 aliphatic heterocycles. The molecular formula is C16H19NO4. The number of hydrogen-bond donors (Lipinski definition) is 0. The molecule has 0 amide bonds. The van der Waals surface area contributed by atoms with Crippen molar-refractivity contribution in [3.05, 3.63) is 40.6 Å². The summed E-state index contributed by atoms with van der Waals surface area (Å²) in [5.41, 5.74) is 0.100. The zero-order chi connectivity index (χ0) is 15.5. The predicted molar refractivity (Wildman–Crippen MR) is 78.5 cm³/mol. The third-order valence-electron chi connectivity index (χ3n) is 4.00. The van der Waals surface area contributed by atoms with Crippen molar-refractivity contribution in [3.8, 4) is 0 Å². The van der Waals surface area contributed by atoms with Gasteiger partial charge in [-0.05, 0) is 37.1 Å². The fourth-order valence-corrected chi connectivity index (χ4v) is 2.50. The van der Waals surface area contributed by atoms with E-state index in [1.807, 2.05) is 0 Å². The van der Waals surface area contributed by atoms with Gasteiger partial charge in [-0.15, -0.1) is 0 Å². The van der Waals surface area contributed by atoms with Gasteiger partial charge in [0.05, 0.1) is 12.7 Å². The van der Waals surface area contributed by atoms with E-state index in [2.05, 4.69) is 4.74 Å². The van der Waals surface area contributed by atoms with Gasteiger partial charge in [0.2, 0.25) is 11.3 Å². The first-order valence-electron chi connectivity index (χ1n) is 7.00. The highest BCUT2D eigenvalue weighted by Gasteiger charge is 2.42. The van der Waals surface area contributed by atoms with Gasteiger partial charge in [-0.1, -0.05) is 0 Å². The Bertz CT molecular complexity index is 576. The molecule has 0 bridgehead atoms. The first-order chi connectivity index (χ1) is 9.97. The lowest BCUT2D eigenvalue weighted by Gasteiger charge is -2.30. The highest BCUT2D eigenvalue weighted by molar-refractivity contribution is 5.91. The van der Waals surface area contributed by atoms with E-state index in [4.69, 9.17) is 0 Å². The Hall–Kier alpha value is -2.17. The number of ketones is 1. The minimum absolute atomic E-state index is 0.00817. The van der Waals surface area contributed by atoms with Crippen molar-refractivity contribution in [1.82, 2.24) is 0 Å². The number of ether oxygens (including phenoxy) is 1. The monoisotopic (exact) mass is 289 g/mol. The quantitative estimate of drug-likeness (QED) is 0.281. The number of hydrogen-bond acceptors (Lipinski definition) is 4. The predicted octanol–water partition coefficient (Wildman–Crippen LogP) is 2.30. The van der Waals surface area contributed by atoms with E-state index in [-0.39, 0.29) is 5.78 Å². The number of nitrogens with zero attached hydrogens (tertiary/aromatic N) is 1. The molecule has 5 heteroatoms. The third-order valence-corrected chi connectivity index (χ3v) is 4.00. The van der Waals surface area contributed by atoms with Gasteiger partial charge in [0.15, 0.2) is 6.21 Å². The van der Waals surface area contributed by atoms with E-state index in [1.54, 1.807) is 31.2 Å². The maximum absolute atomic E-state index is 12.3. The van der Waals surface area contributed by atoms with Gasteiger partial charge in [-0.3, -0.25) is 4.79 Å². The maximum Gasteiger partial charge on any atom is 0.337 e. The van der Waals surface area contributed by atoms with Crippen molar-refractivity contribution in [2.75, 3.05) is 7.11 Å². The van der Waals surface area contributed by atoms with Crippen LogP contribution in [0.25, 0.3) is 0 Å². The summed E-state index contributed by atoms with van der Waals surface area (Å²) in [5, 5.41) is 12.3. The molecule has 0 aromatic heterocycles. The van der Waals surface area contributed by atoms with Crippen molar-refractivity contribution < 1.29 is 19.1 Å². The van der Waals surface area contributed by atoms with Crippen LogP contribution >= 0.6 is 0 Å². The molecule has 0 heterocycles. The smallest absolute Gasteiger partial charge is 0.337 e. The summed E-state index contributed by atoms with van der Waals surface area (Å²) < 4.78 is 5.37. The number of carbonyl (C=O) groups is 2. The SMILES string of the molecule is COC(=O)c1ccc(C=[N+]([O-])[C@]2(C)CCCCC2=O)cc1. The van der Waals surface area contributed by atoms with Crippen LogP contribution in [-0.2, 0) is 9.53 Å². The van der Waals surface area contributed by atoms with E-state index in [0.29, 0.717) is 24.0 Å². The zero-order valence-corrected chi connectivity index (χ0v) is 12.3. The standard InChI is InChI=1S/C16H19NO4/c1-16(10-4-3-5-14(16)18)17(20)11-12-6-8-13(9-7-12)15(19)21-2/h6-9,11H,3-5,10H2,1-2H3/t16-/m1/s1. The molecule has 2 rings (SSSR count). The zero-order valence-electron chi connectivity index (χ0n) is 12.3. The average Bonchev–Trinajstić information content (AvgIpc) is 2.50. The molecule has 1 saturated carbocycles. The van der Waals surface area contributed by atoms with E-state index in [0.717, 1.165) is 17.6 Å². The molecular weight excluding hydrogens is 270 g/mol. The van der Waals surface area contributed by atoms with Crippen molar-refractivity contribution in [1.29, 1.82) is 0 Å². The molecule has 0 unspecified atom stereocenters. The van der Waals surface area contributed by atoms with E-state index < -0.39 is 11.5 Å². The van der Waals surface area contributed by atoms with Crippen LogP contribution in [0.1, 0.15) is 48.5 Å². The molecule has 1 aromatic rings. The number of rotatable bonds is 3. The summed E-state index contributed by atoms with van der Waals surface area (Å²) in [6.45, 7) is 1.70. The Balaban J connectivity index is 2.22. The third kappa shape index (κ3) is 3.12. The molecule has 0 spiro atoms. The van der Waals surface area contributed by atoms with E-state index >= 15 is 0 Å². The lowest BCUT2D eigenvalue weighted by atomic mass is 9.82. The Labute approximate surface area is 123 Å². The normalized spacial score (nSPS) is 23.0. The summed E-state index contributed by atoms with van der Waals surface area (Å²) in [7, 11) is 1.32. The summed E-state index contributed by atoms with van der Waals surface area (Å²) in [6, 6.07) is 6.51. The number of esters is 1. The Morgan fingerprint density at radius 1 is 1.33 bits per heavy atom. The first kappa shape index (κ1) is 15.2. The second-order valence-electron chi connectivity index (χ2n) is 5.47. The van der Waals surface area contributed by atoms with Crippen molar-refractivity contribution in [3.63, 3.8) is 0 Å². The van der Waals surface area contributed by atoms with Crippen molar-refractivity contribution >= 4 is 18.0 Å². The fraction of sp³-hybridized carbons (Fsp3) is 0.438. The Morgan fingerprint density at radius 3 is 2.57 bits per heavy atom. The van der Waals surface area contributed by atoms with Gasteiger partial charge in [0.25, 0.3) is 0 Å². The Morgan fingerprint density at radius 2 is 2.00 bits per heavy atom. The number of Topliss-reactive ketones (excluding diaryl/α,β-unsaturated/α-hetero) is 1. The number of benzene rings is 1. The van der Waals surface area contributed by atoms with Crippen LogP contribution in [0.4, 0.5) is 0 Å². The largest absolute Gasteiger partial charge is 0.623 e. The summed E-state index contributed by atoms with van der Waals surface area (Å²) in [4.78, 5) is 23.3. The first-order valence-corrected chi connectivity index (χ1v) is 7.00. The molecule has 0 N–H and O–H groups in total. The van der Waals surface area contributed by atoms with Crippen LogP contribution in [0.15, 0.2) is 24.3 Å². The second kappa shape index (κ2) is 6.08. The molecule has 0 saturated heterocycles. The minimum atomic E-state index is -0.973. The molecule has 1 aliphatic carbocycles. The van der Waals surface area contributed by atoms with Gasteiger partial charge < -0.3 is 9.94 Å². The Kier molecular flexibility index (Phi) is 4.40. The van der Waals surface area contributed by atoms with Gasteiger partial charge in [-0.2, -0.15) is 4.74 Å². The van der Waals surface area contributed by atoms with Gasteiger partial charge in [0, 0.05) is 25.3 Å². The lowest BCUT2D eigenvalue weighted by molar-refractivity contribution is -0.525. The number of carbonyl (C=O) groups excluding carboxylic acids is 2. The van der Waals surface area contributed by atoms with Gasteiger partial charge >= 0.3 is 5.97 Å². The van der Waals surface area contributed by atoms with Crippen LogP contribution in [0.3, 0.4) is 0 Å². The molecule has 1 fully saturated rings. The number of methoxy groups -OCH3 is 1. The lowest BCUT2D eigenvalue weighted by Crippen LogP contribution is -2.46. The highest BCUT2D eigenvalue weighted by atomic mass is 16.5. The summed E-state index contributed by atoms with van der Waals surface area (Å²) >= 11 is 0. The fourth-order valence-electron chi connectivity index (χ4n) is 2.50. The van der Waals surface area contributed by atoms with Crippen molar-refractivity contribution in [2.45, 2.75) is 38.1 Å². The molecule has 21 heavy (non-hydrogen) atoms. The van der Waals surface area contributed by atoms with Crippen LogP contribution < -0.4 is 0 Å². The van der Waals surface area contributed by atoms with Gasteiger partial charge in [-0.25, -0.2) is 4.79 Å². The number of hydroxylamine groups is 1. The molecule has 112 valence electrons. The van der Waals surface area contributed by atoms with E-state index in [9.17, 15) is 14.8 Å². The molecule has 0 radical (unpaired) electrons.